The number of nitrogen functional groups attached to an aromatic ring is 1. The summed E-state index contributed by atoms with van der Waals surface area (Å²) >= 11 is 0. The normalized spacial score (nSPS) is 13.4. The lowest BCUT2D eigenvalue weighted by molar-refractivity contribution is 0.103. The molecule has 2 aromatic rings. The van der Waals surface area contributed by atoms with Gasteiger partial charge in [-0.25, -0.2) is 0 Å². The number of carbonyl (C=O) groups is 1. The number of aryl methyl sites for hydroxylation is 2. The fourth-order valence-electron chi connectivity index (χ4n) is 2.54. The number of fused-ring (bicyclic) bond motifs is 1. The van der Waals surface area contributed by atoms with Crippen molar-refractivity contribution in [2.24, 2.45) is 0 Å². The first-order valence-corrected chi connectivity index (χ1v) is 6.82. The van der Waals surface area contributed by atoms with Gasteiger partial charge in [-0.15, -0.1) is 0 Å². The summed E-state index contributed by atoms with van der Waals surface area (Å²) in [7, 11) is 0. The second kappa shape index (κ2) is 5.00. The first-order chi connectivity index (χ1) is 9.65. The highest BCUT2D eigenvalue weighted by molar-refractivity contribution is 6.10. The van der Waals surface area contributed by atoms with Crippen LogP contribution < -0.4 is 10.5 Å². The van der Waals surface area contributed by atoms with Crippen LogP contribution in [0.25, 0.3) is 0 Å². The molecule has 0 saturated heterocycles. The average molecular weight is 267 g/mol. The molecule has 0 unspecified atom stereocenters. The first-order valence-electron chi connectivity index (χ1n) is 6.82. The third-order valence-corrected chi connectivity index (χ3v) is 3.68. The zero-order chi connectivity index (χ0) is 14.1. The van der Waals surface area contributed by atoms with Gasteiger partial charge in [0.2, 0.25) is 0 Å². The van der Waals surface area contributed by atoms with Gasteiger partial charge in [0.05, 0.1) is 6.61 Å². The van der Waals surface area contributed by atoms with Crippen molar-refractivity contribution in [1.82, 2.24) is 0 Å². The van der Waals surface area contributed by atoms with E-state index >= 15 is 0 Å². The van der Waals surface area contributed by atoms with Crippen LogP contribution in [0.4, 0.5) is 5.69 Å². The maximum absolute atomic E-state index is 12.6. The highest BCUT2D eigenvalue weighted by Gasteiger charge is 2.16. The van der Waals surface area contributed by atoms with E-state index in [1.165, 1.54) is 0 Å². The van der Waals surface area contributed by atoms with Crippen molar-refractivity contribution in [2.45, 2.75) is 19.8 Å². The molecule has 0 amide bonds. The number of rotatable bonds is 2. The number of carbonyl (C=O) groups excluding carboxylic acids is 1. The largest absolute Gasteiger partial charge is 0.493 e. The van der Waals surface area contributed by atoms with Gasteiger partial charge in [0.15, 0.2) is 5.78 Å². The fourth-order valence-corrected chi connectivity index (χ4v) is 2.54. The Morgan fingerprint density at radius 2 is 2.05 bits per heavy atom. The highest BCUT2D eigenvalue weighted by atomic mass is 16.5. The summed E-state index contributed by atoms with van der Waals surface area (Å²) in [4.78, 5) is 12.6. The summed E-state index contributed by atoms with van der Waals surface area (Å²) in [6.07, 6.45) is 1.97. The van der Waals surface area contributed by atoms with E-state index in [9.17, 15) is 4.79 Å². The Kier molecular flexibility index (Phi) is 3.18. The van der Waals surface area contributed by atoms with E-state index in [-0.39, 0.29) is 5.78 Å². The molecule has 2 N–H and O–H groups in total. The van der Waals surface area contributed by atoms with Crippen molar-refractivity contribution in [3.05, 3.63) is 58.7 Å². The third kappa shape index (κ3) is 2.27. The molecule has 20 heavy (non-hydrogen) atoms. The summed E-state index contributed by atoms with van der Waals surface area (Å²) in [6, 6.07) is 11.1. The molecule has 0 aromatic heterocycles. The van der Waals surface area contributed by atoms with E-state index in [1.54, 1.807) is 6.07 Å². The summed E-state index contributed by atoms with van der Waals surface area (Å²) in [5.74, 6) is 0.917. The lowest BCUT2D eigenvalue weighted by atomic mass is 9.95. The molecule has 0 saturated carbocycles. The maximum Gasteiger partial charge on any atom is 0.193 e. The van der Waals surface area contributed by atoms with Gasteiger partial charge in [0.1, 0.15) is 5.75 Å². The molecule has 1 aliphatic heterocycles. The number of hydrogen-bond donors (Lipinski definition) is 1. The van der Waals surface area contributed by atoms with Crippen LogP contribution in [0.5, 0.6) is 5.75 Å². The Morgan fingerprint density at radius 1 is 1.20 bits per heavy atom. The molecule has 0 aliphatic carbocycles. The van der Waals surface area contributed by atoms with Gasteiger partial charge >= 0.3 is 0 Å². The lowest BCUT2D eigenvalue weighted by Crippen LogP contribution is -2.10. The standard InChI is InChI=1S/C17H17NO2/c1-11-4-6-14(18)10-15(11)17(19)13-5-7-16-12(9-13)3-2-8-20-16/h4-7,9-10H,2-3,8,18H2,1H3. The van der Waals surface area contributed by atoms with Crippen molar-refractivity contribution in [1.29, 1.82) is 0 Å². The molecule has 3 rings (SSSR count). The molecule has 3 heteroatoms. The minimum atomic E-state index is 0.0168. The molecule has 3 nitrogen and oxygen atoms in total. The van der Waals surface area contributed by atoms with Gasteiger partial charge < -0.3 is 10.5 Å². The molecule has 0 radical (unpaired) electrons. The first kappa shape index (κ1) is 12.7. The van der Waals surface area contributed by atoms with Gasteiger partial charge in [-0.3, -0.25) is 4.79 Å². The Hall–Kier alpha value is -2.29. The second-order valence-corrected chi connectivity index (χ2v) is 5.18. The fraction of sp³-hybridized carbons (Fsp3) is 0.235. The molecule has 1 heterocycles. The van der Waals surface area contributed by atoms with E-state index in [0.717, 1.165) is 36.3 Å². The predicted octanol–water partition coefficient (Wildman–Crippen LogP) is 3.13. The van der Waals surface area contributed by atoms with Crippen LogP contribution in [0.15, 0.2) is 36.4 Å². The topological polar surface area (TPSA) is 52.3 Å². The van der Waals surface area contributed by atoms with Crippen LogP contribution in [-0.4, -0.2) is 12.4 Å². The van der Waals surface area contributed by atoms with E-state index in [4.69, 9.17) is 10.5 Å². The highest BCUT2D eigenvalue weighted by Crippen LogP contribution is 2.27. The summed E-state index contributed by atoms with van der Waals surface area (Å²) in [5.41, 5.74) is 9.82. The number of benzene rings is 2. The van der Waals surface area contributed by atoms with Crippen LogP contribution in [-0.2, 0) is 6.42 Å². The van der Waals surface area contributed by atoms with Gasteiger partial charge in [-0.05, 0) is 61.2 Å². The summed E-state index contributed by atoms with van der Waals surface area (Å²) in [5, 5.41) is 0. The van der Waals surface area contributed by atoms with Crippen molar-refractivity contribution in [3.63, 3.8) is 0 Å². The molecule has 0 bridgehead atoms. The van der Waals surface area contributed by atoms with Crippen molar-refractivity contribution in [3.8, 4) is 5.75 Å². The molecule has 0 spiro atoms. The van der Waals surface area contributed by atoms with Crippen LogP contribution in [0.3, 0.4) is 0 Å². The van der Waals surface area contributed by atoms with Crippen LogP contribution in [0, 0.1) is 6.92 Å². The van der Waals surface area contributed by atoms with Gasteiger partial charge in [0, 0.05) is 16.8 Å². The SMILES string of the molecule is Cc1ccc(N)cc1C(=O)c1ccc2c(c1)CCCO2. The van der Waals surface area contributed by atoms with Gasteiger partial charge in [-0.2, -0.15) is 0 Å². The zero-order valence-electron chi connectivity index (χ0n) is 11.5. The molecule has 102 valence electrons. The monoisotopic (exact) mass is 267 g/mol. The number of nitrogens with two attached hydrogens (primary N) is 1. The van der Waals surface area contributed by atoms with E-state index in [0.29, 0.717) is 16.8 Å². The van der Waals surface area contributed by atoms with Crippen molar-refractivity contribution < 1.29 is 9.53 Å². The quantitative estimate of drug-likeness (QED) is 0.672. The molecular formula is C17H17NO2. The van der Waals surface area contributed by atoms with Crippen molar-refractivity contribution in [2.75, 3.05) is 12.3 Å². The van der Waals surface area contributed by atoms with E-state index < -0.39 is 0 Å². The Labute approximate surface area is 118 Å². The number of ketones is 1. The average Bonchev–Trinajstić information content (AvgIpc) is 2.48. The van der Waals surface area contributed by atoms with E-state index in [2.05, 4.69) is 0 Å². The molecule has 1 aliphatic rings. The van der Waals surface area contributed by atoms with Crippen LogP contribution in [0.2, 0.25) is 0 Å². The molecule has 2 aromatic carbocycles. The van der Waals surface area contributed by atoms with Gasteiger partial charge in [-0.1, -0.05) is 6.07 Å². The summed E-state index contributed by atoms with van der Waals surface area (Å²) in [6.45, 7) is 2.68. The molecule has 0 fully saturated rings. The summed E-state index contributed by atoms with van der Waals surface area (Å²) < 4.78 is 5.58. The van der Waals surface area contributed by atoms with E-state index in [1.807, 2.05) is 37.3 Å². The number of hydrogen-bond acceptors (Lipinski definition) is 3. The zero-order valence-corrected chi connectivity index (χ0v) is 11.5. The Bertz CT molecular complexity index is 677. The third-order valence-electron chi connectivity index (χ3n) is 3.68. The minimum Gasteiger partial charge on any atom is -0.493 e. The van der Waals surface area contributed by atoms with Crippen LogP contribution >= 0.6 is 0 Å². The van der Waals surface area contributed by atoms with Crippen LogP contribution in [0.1, 0.15) is 33.5 Å². The minimum absolute atomic E-state index is 0.0168. The smallest absolute Gasteiger partial charge is 0.193 e. The molecular weight excluding hydrogens is 250 g/mol. The predicted molar refractivity (Wildman–Crippen MR) is 79.3 cm³/mol. The number of ether oxygens (including phenoxy) is 1. The Morgan fingerprint density at radius 3 is 2.90 bits per heavy atom. The van der Waals surface area contributed by atoms with Crippen molar-refractivity contribution >= 4 is 11.5 Å². The second-order valence-electron chi connectivity index (χ2n) is 5.18. The Balaban J connectivity index is 2.00. The van der Waals surface area contributed by atoms with Gasteiger partial charge in [0.25, 0.3) is 0 Å². The maximum atomic E-state index is 12.6. The number of anilines is 1. The molecule has 0 atom stereocenters. The lowest BCUT2D eigenvalue weighted by Gasteiger charge is -2.17.